The Morgan fingerprint density at radius 1 is 1.00 bits per heavy atom. The molecule has 23 heavy (non-hydrogen) atoms. The summed E-state index contributed by atoms with van der Waals surface area (Å²) in [7, 11) is 0. The van der Waals surface area contributed by atoms with Gasteiger partial charge in [-0.15, -0.1) is 0 Å². The number of hydrogen-bond acceptors (Lipinski definition) is 3. The summed E-state index contributed by atoms with van der Waals surface area (Å²) in [5.41, 5.74) is 2.30. The van der Waals surface area contributed by atoms with Crippen LogP contribution in [0.3, 0.4) is 0 Å². The molecule has 0 aromatic heterocycles. The quantitative estimate of drug-likeness (QED) is 0.860. The monoisotopic (exact) mass is 312 g/mol. The van der Waals surface area contributed by atoms with Crippen LogP contribution in [0, 0.1) is 0 Å². The molecule has 2 aromatic rings. The van der Waals surface area contributed by atoms with Gasteiger partial charge in [0.05, 0.1) is 0 Å². The predicted molar refractivity (Wildman–Crippen MR) is 90.7 cm³/mol. The normalized spacial score (nSPS) is 10.0. The Morgan fingerprint density at radius 2 is 1.70 bits per heavy atom. The Hall–Kier alpha value is -2.82. The van der Waals surface area contributed by atoms with Gasteiger partial charge in [-0.3, -0.25) is 9.59 Å². The minimum atomic E-state index is -0.254. The number of nitrogens with one attached hydrogen (secondary N) is 2. The molecule has 0 fully saturated rings. The van der Waals surface area contributed by atoms with Crippen LogP contribution in [0.15, 0.2) is 48.5 Å². The van der Waals surface area contributed by atoms with E-state index in [4.69, 9.17) is 4.74 Å². The van der Waals surface area contributed by atoms with Crippen LogP contribution < -0.4 is 15.4 Å². The average Bonchev–Trinajstić information content (AvgIpc) is 2.53. The van der Waals surface area contributed by atoms with Gasteiger partial charge in [0.15, 0.2) is 6.61 Å². The van der Waals surface area contributed by atoms with Gasteiger partial charge in [0.1, 0.15) is 5.75 Å². The molecule has 2 aromatic carbocycles. The number of carbonyl (C=O) groups excluding carboxylic acids is 2. The number of carbonyl (C=O) groups is 2. The fourth-order valence-corrected chi connectivity index (χ4v) is 2.16. The molecule has 2 rings (SSSR count). The molecule has 0 aliphatic heterocycles. The van der Waals surface area contributed by atoms with E-state index in [2.05, 4.69) is 10.6 Å². The van der Waals surface area contributed by atoms with Gasteiger partial charge in [-0.05, 0) is 36.2 Å². The fourth-order valence-electron chi connectivity index (χ4n) is 2.16. The number of para-hydroxylation sites is 1. The van der Waals surface area contributed by atoms with E-state index in [-0.39, 0.29) is 18.4 Å². The van der Waals surface area contributed by atoms with Crippen molar-refractivity contribution in [3.8, 4) is 5.75 Å². The number of anilines is 2. The van der Waals surface area contributed by atoms with Gasteiger partial charge in [0.2, 0.25) is 5.91 Å². The number of rotatable bonds is 6. The van der Waals surface area contributed by atoms with Crippen LogP contribution in [-0.4, -0.2) is 18.4 Å². The van der Waals surface area contributed by atoms with Crippen molar-refractivity contribution in [2.75, 3.05) is 17.2 Å². The van der Waals surface area contributed by atoms with Gasteiger partial charge in [0.25, 0.3) is 5.91 Å². The molecule has 0 saturated heterocycles. The standard InChI is InChI=1S/C18H20N2O3/c1-3-14-7-4-5-10-17(14)23-12-18(22)20-16-9-6-8-15(11-16)19-13(2)21/h4-11H,3,12H2,1-2H3,(H,19,21)(H,20,22). The van der Waals surface area contributed by atoms with Crippen molar-refractivity contribution in [2.24, 2.45) is 0 Å². The summed E-state index contributed by atoms with van der Waals surface area (Å²) >= 11 is 0. The molecule has 0 aliphatic carbocycles. The van der Waals surface area contributed by atoms with Crippen molar-refractivity contribution in [3.05, 3.63) is 54.1 Å². The third-order valence-corrected chi connectivity index (χ3v) is 3.18. The molecule has 0 unspecified atom stereocenters. The largest absolute Gasteiger partial charge is 0.483 e. The molecule has 0 spiro atoms. The molecule has 120 valence electrons. The lowest BCUT2D eigenvalue weighted by molar-refractivity contribution is -0.118. The van der Waals surface area contributed by atoms with E-state index in [1.807, 2.05) is 31.2 Å². The van der Waals surface area contributed by atoms with Crippen LogP contribution in [0.2, 0.25) is 0 Å². The third kappa shape index (κ3) is 5.14. The van der Waals surface area contributed by atoms with Crippen LogP contribution in [0.5, 0.6) is 5.75 Å². The van der Waals surface area contributed by atoms with E-state index in [1.165, 1.54) is 6.92 Å². The van der Waals surface area contributed by atoms with Gasteiger partial charge in [-0.25, -0.2) is 0 Å². The van der Waals surface area contributed by atoms with E-state index >= 15 is 0 Å². The highest BCUT2D eigenvalue weighted by atomic mass is 16.5. The summed E-state index contributed by atoms with van der Waals surface area (Å²) in [5.74, 6) is 0.306. The van der Waals surface area contributed by atoms with Crippen molar-refractivity contribution in [1.82, 2.24) is 0 Å². The van der Waals surface area contributed by atoms with E-state index in [1.54, 1.807) is 24.3 Å². The first-order chi connectivity index (χ1) is 11.1. The van der Waals surface area contributed by atoms with Gasteiger partial charge in [0, 0.05) is 18.3 Å². The summed E-state index contributed by atoms with van der Waals surface area (Å²) in [6.07, 6.45) is 0.844. The summed E-state index contributed by atoms with van der Waals surface area (Å²) < 4.78 is 5.58. The van der Waals surface area contributed by atoms with Gasteiger partial charge < -0.3 is 15.4 Å². The molecule has 0 heterocycles. The minimum absolute atomic E-state index is 0.0681. The number of benzene rings is 2. The molecule has 0 atom stereocenters. The van der Waals surface area contributed by atoms with E-state index in [9.17, 15) is 9.59 Å². The Bertz CT molecular complexity index is 698. The van der Waals surface area contributed by atoms with Crippen LogP contribution in [0.4, 0.5) is 11.4 Å². The Labute approximate surface area is 135 Å². The highest BCUT2D eigenvalue weighted by molar-refractivity contribution is 5.94. The number of ether oxygens (including phenoxy) is 1. The second-order valence-electron chi connectivity index (χ2n) is 5.06. The molecule has 2 amide bonds. The molecule has 5 nitrogen and oxygen atoms in total. The van der Waals surface area contributed by atoms with Gasteiger partial charge in [-0.1, -0.05) is 31.2 Å². The minimum Gasteiger partial charge on any atom is -0.483 e. The van der Waals surface area contributed by atoms with Crippen LogP contribution in [-0.2, 0) is 16.0 Å². The lowest BCUT2D eigenvalue weighted by atomic mass is 10.1. The molecular formula is C18H20N2O3. The summed E-state index contributed by atoms with van der Waals surface area (Å²) in [5, 5.41) is 5.42. The Kier molecular flexibility index (Phi) is 5.74. The predicted octanol–water partition coefficient (Wildman–Crippen LogP) is 3.22. The van der Waals surface area contributed by atoms with E-state index < -0.39 is 0 Å². The van der Waals surface area contributed by atoms with Crippen molar-refractivity contribution >= 4 is 23.2 Å². The lowest BCUT2D eigenvalue weighted by Gasteiger charge is -2.11. The Balaban J connectivity index is 1.93. The molecule has 0 radical (unpaired) electrons. The van der Waals surface area contributed by atoms with Gasteiger partial charge >= 0.3 is 0 Å². The topological polar surface area (TPSA) is 67.4 Å². The van der Waals surface area contributed by atoms with Gasteiger partial charge in [-0.2, -0.15) is 0 Å². The summed E-state index contributed by atoms with van der Waals surface area (Å²) in [4.78, 5) is 23.0. The van der Waals surface area contributed by atoms with Crippen LogP contribution in [0.25, 0.3) is 0 Å². The third-order valence-electron chi connectivity index (χ3n) is 3.18. The highest BCUT2D eigenvalue weighted by Gasteiger charge is 2.07. The van der Waals surface area contributed by atoms with Crippen molar-refractivity contribution in [3.63, 3.8) is 0 Å². The maximum absolute atomic E-state index is 12.0. The van der Waals surface area contributed by atoms with Crippen molar-refractivity contribution in [1.29, 1.82) is 0 Å². The number of amides is 2. The fraction of sp³-hybridized carbons (Fsp3) is 0.222. The maximum Gasteiger partial charge on any atom is 0.262 e. The first kappa shape index (κ1) is 16.5. The van der Waals surface area contributed by atoms with Crippen molar-refractivity contribution < 1.29 is 14.3 Å². The molecule has 2 N–H and O–H groups in total. The first-order valence-electron chi connectivity index (χ1n) is 7.46. The van der Waals surface area contributed by atoms with Crippen LogP contribution >= 0.6 is 0 Å². The lowest BCUT2D eigenvalue weighted by Crippen LogP contribution is -2.20. The van der Waals surface area contributed by atoms with E-state index in [0.717, 1.165) is 17.7 Å². The Morgan fingerprint density at radius 3 is 2.39 bits per heavy atom. The smallest absolute Gasteiger partial charge is 0.262 e. The summed E-state index contributed by atoms with van der Waals surface area (Å²) in [6, 6.07) is 14.6. The first-order valence-corrected chi connectivity index (χ1v) is 7.46. The zero-order chi connectivity index (χ0) is 16.7. The van der Waals surface area contributed by atoms with E-state index in [0.29, 0.717) is 11.4 Å². The second-order valence-corrected chi connectivity index (χ2v) is 5.06. The average molecular weight is 312 g/mol. The molecule has 5 heteroatoms. The molecular weight excluding hydrogens is 292 g/mol. The zero-order valence-electron chi connectivity index (χ0n) is 13.3. The van der Waals surface area contributed by atoms with Crippen LogP contribution in [0.1, 0.15) is 19.4 Å². The number of hydrogen-bond donors (Lipinski definition) is 2. The number of aryl methyl sites for hydroxylation is 1. The SMILES string of the molecule is CCc1ccccc1OCC(=O)Nc1cccc(NC(C)=O)c1. The molecule has 0 saturated carbocycles. The summed E-state index contributed by atoms with van der Waals surface area (Å²) in [6.45, 7) is 3.40. The second kappa shape index (κ2) is 7.98. The van der Waals surface area contributed by atoms with Crippen molar-refractivity contribution in [2.45, 2.75) is 20.3 Å². The maximum atomic E-state index is 12.0. The zero-order valence-corrected chi connectivity index (χ0v) is 13.3. The molecule has 0 aliphatic rings. The highest BCUT2D eigenvalue weighted by Crippen LogP contribution is 2.18. The molecule has 0 bridgehead atoms.